The number of ether oxygens (including phenoxy) is 1. The number of benzene rings is 3. The van der Waals surface area contributed by atoms with Crippen molar-refractivity contribution in [3.63, 3.8) is 0 Å². The summed E-state index contributed by atoms with van der Waals surface area (Å²) in [6, 6.07) is 32.0. The number of hydrogen-bond donors (Lipinski definition) is 0. The molecule has 0 aliphatic heterocycles. The van der Waals surface area contributed by atoms with Crippen LogP contribution in [0.5, 0.6) is 11.6 Å². The smallest absolute Gasteiger partial charge is 0.221 e. The standard InChI is InChI=1S/C32H29N4OP/c1-35(2)24-14-16-33-31(20-24)37-26-9-7-8-22(18-26)23-12-13-28-27-10-5-6-11-29(27)38(30(28)19-23)32-21-25(36(3)4)15-17-34-32/h5-21H,1-4H3. The van der Waals surface area contributed by atoms with Crippen LogP contribution < -0.4 is 14.5 Å². The van der Waals surface area contributed by atoms with E-state index in [4.69, 9.17) is 9.72 Å². The van der Waals surface area contributed by atoms with Crippen LogP contribution in [0.4, 0.5) is 11.4 Å². The minimum Gasteiger partial charge on any atom is -0.439 e. The highest BCUT2D eigenvalue weighted by Gasteiger charge is 2.16. The van der Waals surface area contributed by atoms with Crippen molar-refractivity contribution in [2.24, 2.45) is 0 Å². The Labute approximate surface area is 224 Å². The molecule has 0 aliphatic rings. The van der Waals surface area contributed by atoms with E-state index < -0.39 is 7.53 Å². The molecule has 0 saturated heterocycles. The average molecular weight is 517 g/mol. The van der Waals surface area contributed by atoms with Gasteiger partial charge in [0.2, 0.25) is 5.88 Å². The van der Waals surface area contributed by atoms with Crippen molar-refractivity contribution in [1.82, 2.24) is 9.97 Å². The summed E-state index contributed by atoms with van der Waals surface area (Å²) in [5.41, 5.74) is 5.60. The maximum Gasteiger partial charge on any atom is 0.221 e. The lowest BCUT2D eigenvalue weighted by Gasteiger charge is -2.14. The molecule has 0 fully saturated rings. The number of pyridine rings is 2. The summed E-state index contributed by atoms with van der Waals surface area (Å²) >= 11 is 0. The van der Waals surface area contributed by atoms with Crippen LogP contribution in [0.15, 0.2) is 103 Å². The SMILES string of the molecule is CN(C)c1ccnc(Oc2cccc(-c3ccc4c5ccccc5p(-c5cc(N(C)C)ccn5)c4c3)c2)c1. The van der Waals surface area contributed by atoms with Crippen molar-refractivity contribution < 1.29 is 4.74 Å². The van der Waals surface area contributed by atoms with Gasteiger partial charge in [0.1, 0.15) is 5.75 Å². The molecule has 6 aromatic rings. The first-order chi connectivity index (χ1) is 18.5. The van der Waals surface area contributed by atoms with Gasteiger partial charge in [-0.15, -0.1) is 0 Å². The van der Waals surface area contributed by atoms with Gasteiger partial charge in [-0.05, 0) is 64.4 Å². The minimum absolute atomic E-state index is 0.577. The molecule has 5 nitrogen and oxygen atoms in total. The molecule has 0 saturated carbocycles. The zero-order valence-electron chi connectivity index (χ0n) is 22.0. The van der Waals surface area contributed by atoms with E-state index >= 15 is 0 Å². The lowest BCUT2D eigenvalue weighted by Crippen LogP contribution is -2.08. The van der Waals surface area contributed by atoms with Gasteiger partial charge < -0.3 is 14.5 Å². The van der Waals surface area contributed by atoms with E-state index in [1.54, 1.807) is 6.20 Å². The van der Waals surface area contributed by atoms with E-state index in [9.17, 15) is 0 Å². The normalized spacial score (nSPS) is 11.6. The molecule has 188 valence electrons. The van der Waals surface area contributed by atoms with Crippen LogP contribution in [0.2, 0.25) is 0 Å². The fourth-order valence-corrected chi connectivity index (χ4v) is 7.37. The van der Waals surface area contributed by atoms with Gasteiger partial charge >= 0.3 is 0 Å². The molecule has 6 rings (SSSR count). The van der Waals surface area contributed by atoms with Crippen LogP contribution in [-0.4, -0.2) is 38.2 Å². The topological polar surface area (TPSA) is 41.5 Å². The van der Waals surface area contributed by atoms with E-state index in [-0.39, 0.29) is 0 Å². The predicted molar refractivity (Wildman–Crippen MR) is 162 cm³/mol. The van der Waals surface area contributed by atoms with Crippen molar-refractivity contribution in [1.29, 1.82) is 0 Å². The summed E-state index contributed by atoms with van der Waals surface area (Å²) in [4.78, 5) is 13.4. The molecule has 3 aromatic carbocycles. The third kappa shape index (κ3) is 4.46. The number of anilines is 2. The minimum atomic E-state index is -0.761. The van der Waals surface area contributed by atoms with E-state index in [0.29, 0.717) is 5.88 Å². The molecule has 1 atom stereocenters. The molecule has 1 unspecified atom stereocenters. The summed E-state index contributed by atoms with van der Waals surface area (Å²) in [7, 11) is 7.40. The first-order valence-corrected chi connectivity index (χ1v) is 13.9. The second kappa shape index (κ2) is 9.85. The van der Waals surface area contributed by atoms with Gasteiger partial charge in [-0.3, -0.25) is 4.98 Å². The maximum atomic E-state index is 6.15. The molecule has 0 radical (unpaired) electrons. The molecule has 38 heavy (non-hydrogen) atoms. The van der Waals surface area contributed by atoms with Gasteiger partial charge in [0, 0.05) is 68.3 Å². The van der Waals surface area contributed by atoms with Crippen LogP contribution in [-0.2, 0) is 0 Å². The summed E-state index contributed by atoms with van der Waals surface area (Å²) in [6.07, 6.45) is 3.70. The molecule has 0 amide bonds. The Morgan fingerprint density at radius 1 is 0.605 bits per heavy atom. The number of aromatic nitrogens is 2. The molecule has 3 aromatic heterocycles. The first-order valence-electron chi connectivity index (χ1n) is 12.6. The number of fused-ring (bicyclic) bond motifs is 3. The highest BCUT2D eigenvalue weighted by molar-refractivity contribution is 7.67. The van der Waals surface area contributed by atoms with Gasteiger partial charge in [0.25, 0.3) is 0 Å². The number of hydrogen-bond acceptors (Lipinski definition) is 5. The second-order valence-corrected chi connectivity index (χ2v) is 11.8. The molecular formula is C32H29N4OP. The quantitative estimate of drug-likeness (QED) is 0.223. The number of rotatable bonds is 6. The lowest BCUT2D eigenvalue weighted by atomic mass is 10.0. The van der Waals surface area contributed by atoms with E-state index in [1.165, 1.54) is 21.0 Å². The van der Waals surface area contributed by atoms with Crippen LogP contribution in [0.25, 0.3) is 37.6 Å². The predicted octanol–water partition coefficient (Wildman–Crippen LogP) is 8.35. The Balaban J connectivity index is 1.45. The van der Waals surface area contributed by atoms with Crippen molar-refractivity contribution in [3.05, 3.63) is 103 Å². The van der Waals surface area contributed by atoms with E-state index in [0.717, 1.165) is 33.7 Å². The Bertz CT molecular complexity index is 1770. The Morgan fingerprint density at radius 2 is 1.32 bits per heavy atom. The van der Waals surface area contributed by atoms with Gasteiger partial charge in [-0.2, -0.15) is 0 Å². The van der Waals surface area contributed by atoms with Gasteiger partial charge in [0.05, 0.1) is 5.44 Å². The third-order valence-corrected chi connectivity index (χ3v) is 9.20. The van der Waals surface area contributed by atoms with Crippen LogP contribution >= 0.6 is 7.53 Å². The van der Waals surface area contributed by atoms with Crippen LogP contribution in [0.1, 0.15) is 0 Å². The van der Waals surface area contributed by atoms with Crippen LogP contribution in [0.3, 0.4) is 0 Å². The third-order valence-electron chi connectivity index (χ3n) is 6.77. The molecule has 0 aliphatic carbocycles. The lowest BCUT2D eigenvalue weighted by molar-refractivity contribution is 0.463. The largest absolute Gasteiger partial charge is 0.439 e. The van der Waals surface area contributed by atoms with Gasteiger partial charge in [0.15, 0.2) is 0 Å². The first kappa shape index (κ1) is 24.0. The summed E-state index contributed by atoms with van der Waals surface area (Å²) in [6.45, 7) is 0. The Hall–Kier alpha value is -4.34. The zero-order chi connectivity index (χ0) is 26.2. The zero-order valence-corrected chi connectivity index (χ0v) is 22.9. The monoisotopic (exact) mass is 516 g/mol. The molecule has 6 heteroatoms. The van der Waals surface area contributed by atoms with Crippen molar-refractivity contribution in [3.8, 4) is 28.2 Å². The van der Waals surface area contributed by atoms with E-state index in [1.807, 2.05) is 49.5 Å². The average Bonchev–Trinajstić information content (AvgIpc) is 3.27. The Kier molecular flexibility index (Phi) is 6.22. The van der Waals surface area contributed by atoms with Gasteiger partial charge in [-0.1, -0.05) is 50.0 Å². The van der Waals surface area contributed by atoms with Crippen molar-refractivity contribution in [2.75, 3.05) is 38.0 Å². The molecule has 0 bridgehead atoms. The van der Waals surface area contributed by atoms with E-state index in [2.05, 4.69) is 90.7 Å². The van der Waals surface area contributed by atoms with Crippen LogP contribution in [0, 0.1) is 0 Å². The van der Waals surface area contributed by atoms with Gasteiger partial charge in [-0.25, -0.2) is 4.98 Å². The fourth-order valence-electron chi connectivity index (χ4n) is 4.80. The molecule has 0 spiro atoms. The highest BCUT2D eigenvalue weighted by atomic mass is 31.1. The summed E-state index contributed by atoms with van der Waals surface area (Å²) in [5, 5.41) is 5.31. The molecule has 0 N–H and O–H groups in total. The molecular weight excluding hydrogens is 487 g/mol. The molecule has 3 heterocycles. The van der Waals surface area contributed by atoms with Crippen molar-refractivity contribution >= 4 is 39.9 Å². The fraction of sp³-hybridized carbons (Fsp3) is 0.125. The summed E-state index contributed by atoms with van der Waals surface area (Å²) in [5.74, 6) is 1.34. The summed E-state index contributed by atoms with van der Waals surface area (Å²) < 4.78 is 6.15. The second-order valence-electron chi connectivity index (χ2n) is 9.73. The van der Waals surface area contributed by atoms with Crippen molar-refractivity contribution in [2.45, 2.75) is 0 Å². The highest BCUT2D eigenvalue weighted by Crippen LogP contribution is 2.55. The Morgan fingerprint density at radius 3 is 2.13 bits per heavy atom. The number of nitrogens with zero attached hydrogens (tertiary/aromatic N) is 4. The maximum absolute atomic E-state index is 6.15.